The average molecular weight is 409 g/mol. The first-order valence-electron chi connectivity index (χ1n) is 11.7. The molecule has 0 aromatic heterocycles. The van der Waals surface area contributed by atoms with E-state index >= 15 is 0 Å². The van der Waals surface area contributed by atoms with E-state index in [2.05, 4.69) is 25.7 Å². The van der Waals surface area contributed by atoms with E-state index in [0.29, 0.717) is 6.42 Å². The smallest absolute Gasteiger partial charge is 0.309 e. The Morgan fingerprint density at radius 1 is 0.862 bits per heavy atom. The molecule has 0 aliphatic rings. The van der Waals surface area contributed by atoms with Gasteiger partial charge in [-0.3, -0.25) is 9.59 Å². The molecule has 0 heterocycles. The number of carbonyl (C=O) groups excluding carboxylic acids is 1. The van der Waals surface area contributed by atoms with Gasteiger partial charge in [-0.25, -0.2) is 0 Å². The van der Waals surface area contributed by atoms with E-state index in [-0.39, 0.29) is 13.0 Å². The van der Waals surface area contributed by atoms with Gasteiger partial charge < -0.3 is 9.84 Å². The zero-order chi connectivity index (χ0) is 21.6. The molecule has 0 aromatic rings. The van der Waals surface area contributed by atoms with Crippen LogP contribution < -0.4 is 0 Å². The lowest BCUT2D eigenvalue weighted by atomic mass is 9.97. The third kappa shape index (κ3) is 19.5. The van der Waals surface area contributed by atoms with Gasteiger partial charge in [0, 0.05) is 0 Å². The maximum atomic E-state index is 11.9. The summed E-state index contributed by atoms with van der Waals surface area (Å²) in [5.74, 6) is -1.89. The zero-order valence-corrected chi connectivity index (χ0v) is 18.7. The lowest BCUT2D eigenvalue weighted by Crippen LogP contribution is -2.21. The van der Waals surface area contributed by atoms with Gasteiger partial charge in [0.15, 0.2) is 0 Å². The maximum absolute atomic E-state index is 11.9. The van der Waals surface area contributed by atoms with E-state index in [1.807, 2.05) is 0 Å². The molecule has 0 saturated carbocycles. The van der Waals surface area contributed by atoms with E-state index in [9.17, 15) is 9.59 Å². The van der Waals surface area contributed by atoms with Crippen molar-refractivity contribution in [3.05, 3.63) is 24.8 Å². The van der Waals surface area contributed by atoms with Crippen LogP contribution >= 0.6 is 0 Å². The van der Waals surface area contributed by atoms with Gasteiger partial charge >= 0.3 is 11.9 Å². The summed E-state index contributed by atoms with van der Waals surface area (Å²) in [7, 11) is 0. The Bertz CT molecular complexity index is 442. The van der Waals surface area contributed by atoms with Crippen LogP contribution in [0.15, 0.2) is 24.8 Å². The number of aliphatic carboxylic acids is 1. The van der Waals surface area contributed by atoms with Crippen LogP contribution in [-0.2, 0) is 14.3 Å². The van der Waals surface area contributed by atoms with E-state index in [1.54, 1.807) is 0 Å². The number of carboxylic acids is 1. The fraction of sp³-hybridized carbons (Fsp3) is 0.760. The largest absolute Gasteiger partial charge is 0.481 e. The van der Waals surface area contributed by atoms with Crippen molar-refractivity contribution in [1.29, 1.82) is 0 Å². The van der Waals surface area contributed by atoms with Gasteiger partial charge in [-0.15, -0.1) is 0 Å². The van der Waals surface area contributed by atoms with Crippen molar-refractivity contribution < 1.29 is 19.4 Å². The van der Waals surface area contributed by atoms with Crippen molar-refractivity contribution in [2.24, 2.45) is 5.92 Å². The fourth-order valence-corrected chi connectivity index (χ4v) is 3.54. The van der Waals surface area contributed by atoms with Gasteiger partial charge in [0.2, 0.25) is 0 Å². The summed E-state index contributed by atoms with van der Waals surface area (Å²) in [6, 6.07) is 0. The summed E-state index contributed by atoms with van der Waals surface area (Å²) in [6.07, 6.45) is 24.0. The predicted molar refractivity (Wildman–Crippen MR) is 121 cm³/mol. The van der Waals surface area contributed by atoms with Crippen molar-refractivity contribution >= 4 is 11.9 Å². The molecular weight excluding hydrogens is 364 g/mol. The molecule has 1 N–H and O–H groups in total. The molecule has 0 fully saturated rings. The second kappa shape index (κ2) is 21.1. The highest BCUT2D eigenvalue weighted by atomic mass is 16.5. The predicted octanol–water partition coefficient (Wildman–Crippen LogP) is 7.23. The summed E-state index contributed by atoms with van der Waals surface area (Å²) in [5, 5.41) is 8.96. The summed E-state index contributed by atoms with van der Waals surface area (Å²) in [5.41, 5.74) is 0. The third-order valence-corrected chi connectivity index (χ3v) is 5.26. The lowest BCUT2D eigenvalue weighted by molar-refractivity contribution is -0.152. The minimum Gasteiger partial charge on any atom is -0.481 e. The van der Waals surface area contributed by atoms with E-state index in [4.69, 9.17) is 9.84 Å². The maximum Gasteiger partial charge on any atom is 0.309 e. The molecule has 1 unspecified atom stereocenters. The molecule has 0 saturated heterocycles. The van der Waals surface area contributed by atoms with Gasteiger partial charge in [0.05, 0.1) is 12.3 Å². The summed E-state index contributed by atoms with van der Waals surface area (Å²) in [6.45, 7) is 5.74. The zero-order valence-electron chi connectivity index (χ0n) is 18.7. The standard InChI is InChI=1S/C25H44O4/c1-3-5-6-7-8-9-10-11-12-13-14-15-16-17-18-19-20-23(22-24(26)27)25(28)29-21-4-2/h3-5,23H,2,6-22H2,1H3,(H,26,27)/b5-3+. The fourth-order valence-electron chi connectivity index (χ4n) is 3.54. The number of rotatable bonds is 21. The van der Waals surface area contributed by atoms with Crippen LogP contribution in [-0.4, -0.2) is 23.7 Å². The molecule has 0 aliphatic heterocycles. The van der Waals surface area contributed by atoms with Gasteiger partial charge in [-0.1, -0.05) is 102 Å². The first kappa shape index (κ1) is 27.4. The monoisotopic (exact) mass is 408 g/mol. The van der Waals surface area contributed by atoms with E-state index < -0.39 is 17.9 Å². The highest BCUT2D eigenvalue weighted by Crippen LogP contribution is 2.18. The molecule has 4 nitrogen and oxygen atoms in total. The van der Waals surface area contributed by atoms with E-state index in [0.717, 1.165) is 19.3 Å². The number of ether oxygens (including phenoxy) is 1. The Morgan fingerprint density at radius 3 is 1.79 bits per heavy atom. The van der Waals surface area contributed by atoms with Crippen molar-refractivity contribution in [1.82, 2.24) is 0 Å². The topological polar surface area (TPSA) is 63.6 Å². The van der Waals surface area contributed by atoms with Crippen molar-refractivity contribution in [2.75, 3.05) is 6.61 Å². The number of allylic oxidation sites excluding steroid dienone is 2. The van der Waals surface area contributed by atoms with Gasteiger partial charge in [0.25, 0.3) is 0 Å². The van der Waals surface area contributed by atoms with Crippen LogP contribution in [0.5, 0.6) is 0 Å². The van der Waals surface area contributed by atoms with Crippen LogP contribution in [0.4, 0.5) is 0 Å². The molecule has 0 aliphatic carbocycles. The van der Waals surface area contributed by atoms with Crippen molar-refractivity contribution in [3.63, 3.8) is 0 Å². The molecule has 1 atom stereocenters. The molecule has 168 valence electrons. The number of hydrogen-bond acceptors (Lipinski definition) is 3. The summed E-state index contributed by atoms with van der Waals surface area (Å²) >= 11 is 0. The minimum atomic E-state index is -0.945. The van der Waals surface area contributed by atoms with Crippen LogP contribution in [0, 0.1) is 5.92 Å². The first-order valence-corrected chi connectivity index (χ1v) is 11.7. The Labute approximate surface area is 178 Å². The Hall–Kier alpha value is -1.58. The molecule has 0 bridgehead atoms. The summed E-state index contributed by atoms with van der Waals surface area (Å²) in [4.78, 5) is 22.8. The molecular formula is C25H44O4. The number of carboxylic acid groups (broad SMARTS) is 1. The van der Waals surface area contributed by atoms with Crippen molar-refractivity contribution in [3.8, 4) is 0 Å². The van der Waals surface area contributed by atoms with Crippen LogP contribution in [0.2, 0.25) is 0 Å². The SMILES string of the molecule is C=CCOC(=O)C(CCCCCCCCCCCCCCC/C=C/C)CC(=O)O. The first-order chi connectivity index (χ1) is 14.1. The van der Waals surface area contributed by atoms with Gasteiger partial charge in [0.1, 0.15) is 6.61 Å². The Balaban J connectivity index is 3.50. The molecule has 29 heavy (non-hydrogen) atoms. The number of esters is 1. The summed E-state index contributed by atoms with van der Waals surface area (Å²) < 4.78 is 5.01. The third-order valence-electron chi connectivity index (χ3n) is 5.26. The molecule has 0 amide bonds. The molecule has 0 spiro atoms. The quantitative estimate of drug-likeness (QED) is 0.124. The highest BCUT2D eigenvalue weighted by Gasteiger charge is 2.22. The van der Waals surface area contributed by atoms with Crippen molar-refractivity contribution in [2.45, 2.75) is 110 Å². The van der Waals surface area contributed by atoms with Crippen LogP contribution in [0.1, 0.15) is 110 Å². The number of unbranched alkanes of at least 4 members (excludes halogenated alkanes) is 13. The normalized spacial score (nSPS) is 12.2. The molecule has 4 heteroatoms. The second-order valence-corrected chi connectivity index (χ2v) is 7.96. The number of carbonyl (C=O) groups is 2. The Morgan fingerprint density at radius 2 is 1.34 bits per heavy atom. The lowest BCUT2D eigenvalue weighted by Gasteiger charge is -2.13. The minimum absolute atomic E-state index is 0.144. The average Bonchev–Trinajstić information content (AvgIpc) is 2.70. The van der Waals surface area contributed by atoms with Gasteiger partial charge in [-0.05, 0) is 26.2 Å². The number of hydrogen-bond donors (Lipinski definition) is 1. The Kier molecular flexibility index (Phi) is 20.0. The van der Waals surface area contributed by atoms with Gasteiger partial charge in [-0.2, -0.15) is 0 Å². The van der Waals surface area contributed by atoms with Crippen LogP contribution in [0.25, 0.3) is 0 Å². The second-order valence-electron chi connectivity index (χ2n) is 7.96. The molecule has 0 aromatic carbocycles. The highest BCUT2D eigenvalue weighted by molar-refractivity contribution is 5.79. The molecule has 0 radical (unpaired) electrons. The molecule has 0 rings (SSSR count). The van der Waals surface area contributed by atoms with E-state index in [1.165, 1.54) is 76.7 Å². The van der Waals surface area contributed by atoms with Crippen LogP contribution in [0.3, 0.4) is 0 Å².